The van der Waals surface area contributed by atoms with Gasteiger partial charge in [-0.15, -0.1) is 5.10 Å². The highest BCUT2D eigenvalue weighted by Crippen LogP contribution is 2.14. The molecule has 0 aromatic carbocycles. The van der Waals surface area contributed by atoms with Crippen LogP contribution in [0.3, 0.4) is 0 Å². The van der Waals surface area contributed by atoms with Crippen LogP contribution in [-0.4, -0.2) is 59.5 Å². The highest BCUT2D eigenvalue weighted by Gasteiger charge is 2.22. The minimum absolute atomic E-state index is 0.0488. The van der Waals surface area contributed by atoms with Gasteiger partial charge in [-0.25, -0.2) is 4.79 Å². The number of morpholine rings is 1. The summed E-state index contributed by atoms with van der Waals surface area (Å²) in [6.07, 6.45) is 1.40. The van der Waals surface area contributed by atoms with E-state index in [1.165, 1.54) is 6.26 Å². The Morgan fingerprint density at radius 1 is 1.46 bits per heavy atom. The molecule has 0 radical (unpaired) electrons. The van der Waals surface area contributed by atoms with Crippen molar-refractivity contribution in [3.8, 4) is 11.7 Å². The minimum Gasteiger partial charge on any atom is -0.459 e. The predicted molar refractivity (Wildman–Crippen MR) is 92.5 cm³/mol. The van der Waals surface area contributed by atoms with Crippen LogP contribution < -0.4 is 11.1 Å². The molecule has 1 N–H and O–H groups in total. The molecule has 1 unspecified atom stereocenters. The SMILES string of the molecule is CC(C)CN1CCOC(CNC(=O)Cn2nc(-c3ccco3)oc2=O)C1. The number of nitrogens with one attached hydrogen (secondary N) is 1. The van der Waals surface area contributed by atoms with E-state index in [9.17, 15) is 9.59 Å². The Morgan fingerprint density at radius 3 is 3.04 bits per heavy atom. The molecule has 9 heteroatoms. The molecular formula is C17H24N4O5. The third-order valence-electron chi connectivity index (χ3n) is 4.00. The van der Waals surface area contributed by atoms with Gasteiger partial charge >= 0.3 is 5.76 Å². The van der Waals surface area contributed by atoms with Crippen molar-refractivity contribution in [2.75, 3.05) is 32.8 Å². The van der Waals surface area contributed by atoms with Crippen molar-refractivity contribution in [1.82, 2.24) is 20.0 Å². The molecule has 1 atom stereocenters. The molecule has 9 nitrogen and oxygen atoms in total. The molecule has 0 spiro atoms. The molecule has 1 amide bonds. The number of amides is 1. The molecule has 2 aromatic rings. The van der Waals surface area contributed by atoms with Gasteiger partial charge in [0, 0.05) is 26.2 Å². The van der Waals surface area contributed by atoms with Gasteiger partial charge in [0.15, 0.2) is 5.76 Å². The molecule has 3 heterocycles. The lowest BCUT2D eigenvalue weighted by molar-refractivity contribution is -0.123. The van der Waals surface area contributed by atoms with E-state index in [0.717, 1.165) is 24.3 Å². The van der Waals surface area contributed by atoms with E-state index in [0.29, 0.717) is 24.8 Å². The molecule has 3 rings (SSSR count). The molecule has 0 aliphatic carbocycles. The Morgan fingerprint density at radius 2 is 2.31 bits per heavy atom. The van der Waals surface area contributed by atoms with Gasteiger partial charge in [0.05, 0.1) is 19.0 Å². The minimum atomic E-state index is -0.705. The molecule has 0 bridgehead atoms. The Labute approximate surface area is 150 Å². The van der Waals surface area contributed by atoms with Gasteiger partial charge in [0.1, 0.15) is 6.54 Å². The van der Waals surface area contributed by atoms with Gasteiger partial charge < -0.3 is 18.9 Å². The zero-order chi connectivity index (χ0) is 18.5. The number of carbonyl (C=O) groups excluding carboxylic acids is 1. The molecule has 1 fully saturated rings. The Kier molecular flexibility index (Phi) is 5.89. The maximum Gasteiger partial charge on any atom is 0.437 e. The summed E-state index contributed by atoms with van der Waals surface area (Å²) in [5, 5.41) is 6.77. The van der Waals surface area contributed by atoms with Crippen molar-refractivity contribution in [3.63, 3.8) is 0 Å². The van der Waals surface area contributed by atoms with Crippen molar-refractivity contribution in [2.24, 2.45) is 5.92 Å². The second-order valence-corrected chi connectivity index (χ2v) is 6.76. The molecule has 1 aliphatic heterocycles. The average molecular weight is 364 g/mol. The Bertz CT molecular complexity index is 764. The topological polar surface area (TPSA) is 103 Å². The van der Waals surface area contributed by atoms with Gasteiger partial charge in [0.25, 0.3) is 5.89 Å². The number of ether oxygens (including phenoxy) is 1. The first-order chi connectivity index (χ1) is 12.5. The number of carbonyl (C=O) groups is 1. The first-order valence-corrected chi connectivity index (χ1v) is 8.73. The molecule has 142 valence electrons. The number of aromatic nitrogens is 2. The largest absolute Gasteiger partial charge is 0.459 e. The second kappa shape index (κ2) is 8.33. The third-order valence-corrected chi connectivity index (χ3v) is 4.00. The van der Waals surface area contributed by atoms with Crippen LogP contribution in [0, 0.1) is 5.92 Å². The fourth-order valence-electron chi connectivity index (χ4n) is 2.91. The van der Waals surface area contributed by atoms with E-state index in [2.05, 4.69) is 29.2 Å². The lowest BCUT2D eigenvalue weighted by Crippen LogP contribution is -2.48. The number of nitrogens with zero attached hydrogens (tertiary/aromatic N) is 3. The summed E-state index contributed by atoms with van der Waals surface area (Å²) in [4.78, 5) is 26.3. The summed E-state index contributed by atoms with van der Waals surface area (Å²) in [6, 6.07) is 3.28. The first kappa shape index (κ1) is 18.4. The van der Waals surface area contributed by atoms with Crippen molar-refractivity contribution in [2.45, 2.75) is 26.5 Å². The summed E-state index contributed by atoms with van der Waals surface area (Å²) >= 11 is 0. The molecule has 26 heavy (non-hydrogen) atoms. The van der Waals surface area contributed by atoms with Crippen LogP contribution in [0.2, 0.25) is 0 Å². The van der Waals surface area contributed by atoms with Crippen molar-refractivity contribution in [3.05, 3.63) is 28.9 Å². The molecule has 1 saturated heterocycles. The summed E-state index contributed by atoms with van der Waals surface area (Å²) in [7, 11) is 0. The fraction of sp³-hybridized carbons (Fsp3) is 0.588. The fourth-order valence-corrected chi connectivity index (χ4v) is 2.91. The van der Waals surface area contributed by atoms with Crippen LogP contribution in [0.5, 0.6) is 0 Å². The van der Waals surface area contributed by atoms with Crippen LogP contribution >= 0.6 is 0 Å². The normalized spacial score (nSPS) is 18.3. The lowest BCUT2D eigenvalue weighted by Gasteiger charge is -2.33. The number of rotatable bonds is 7. The van der Waals surface area contributed by atoms with Gasteiger partial charge in [-0.1, -0.05) is 13.8 Å². The van der Waals surface area contributed by atoms with Crippen LogP contribution in [0.1, 0.15) is 13.8 Å². The maximum absolute atomic E-state index is 12.1. The van der Waals surface area contributed by atoms with Gasteiger partial charge in [-0.3, -0.25) is 9.69 Å². The zero-order valence-corrected chi connectivity index (χ0v) is 15.0. The standard InChI is InChI=1S/C17H24N4O5/c1-12(2)9-20-5-7-24-13(10-20)8-18-15(22)11-21-17(23)26-16(19-21)14-4-3-6-25-14/h3-4,6,12-13H,5,7-11H2,1-2H3,(H,18,22). The molecular weight excluding hydrogens is 340 g/mol. The lowest BCUT2D eigenvalue weighted by atomic mass is 10.2. The zero-order valence-electron chi connectivity index (χ0n) is 15.0. The van der Waals surface area contributed by atoms with Crippen LogP contribution in [-0.2, 0) is 16.1 Å². The highest BCUT2D eigenvalue weighted by atomic mass is 16.5. The van der Waals surface area contributed by atoms with Crippen molar-refractivity contribution < 1.29 is 18.4 Å². The third kappa shape index (κ3) is 4.83. The van der Waals surface area contributed by atoms with Crippen LogP contribution in [0.4, 0.5) is 0 Å². The van der Waals surface area contributed by atoms with Crippen molar-refractivity contribution in [1.29, 1.82) is 0 Å². The second-order valence-electron chi connectivity index (χ2n) is 6.76. The van der Waals surface area contributed by atoms with Gasteiger partial charge in [0.2, 0.25) is 5.91 Å². The van der Waals surface area contributed by atoms with Gasteiger partial charge in [-0.2, -0.15) is 4.68 Å². The van der Waals surface area contributed by atoms with E-state index in [1.54, 1.807) is 12.1 Å². The predicted octanol–water partition coefficient (Wildman–Crippen LogP) is 0.569. The monoisotopic (exact) mass is 364 g/mol. The average Bonchev–Trinajstić information content (AvgIpc) is 3.23. The van der Waals surface area contributed by atoms with E-state index in [-0.39, 0.29) is 24.4 Å². The number of hydrogen-bond donors (Lipinski definition) is 1. The van der Waals surface area contributed by atoms with E-state index < -0.39 is 5.76 Å². The smallest absolute Gasteiger partial charge is 0.437 e. The molecule has 0 saturated carbocycles. The summed E-state index contributed by atoms with van der Waals surface area (Å²) in [6.45, 7) is 7.89. The first-order valence-electron chi connectivity index (χ1n) is 8.73. The summed E-state index contributed by atoms with van der Waals surface area (Å²) in [5.41, 5.74) is 0. The van der Waals surface area contributed by atoms with Gasteiger partial charge in [-0.05, 0) is 18.1 Å². The highest BCUT2D eigenvalue weighted by molar-refractivity contribution is 5.75. The van der Waals surface area contributed by atoms with Crippen LogP contribution in [0.25, 0.3) is 11.7 Å². The Balaban J connectivity index is 1.49. The van der Waals surface area contributed by atoms with Crippen LogP contribution in [0.15, 0.2) is 32.0 Å². The van der Waals surface area contributed by atoms with E-state index in [1.807, 2.05) is 0 Å². The quantitative estimate of drug-likeness (QED) is 0.766. The van der Waals surface area contributed by atoms with E-state index in [4.69, 9.17) is 13.6 Å². The van der Waals surface area contributed by atoms with Crippen molar-refractivity contribution >= 4 is 5.91 Å². The maximum atomic E-state index is 12.1. The summed E-state index contributed by atoms with van der Waals surface area (Å²) in [5.74, 6) is -0.0554. The molecule has 2 aromatic heterocycles. The summed E-state index contributed by atoms with van der Waals surface area (Å²) < 4.78 is 16.8. The number of hydrogen-bond acceptors (Lipinski definition) is 7. The molecule has 1 aliphatic rings. The van der Waals surface area contributed by atoms with E-state index >= 15 is 0 Å². The Hall–Kier alpha value is -2.39. The number of furan rings is 1.